The number of benzene rings is 2. The van der Waals surface area contributed by atoms with Crippen LogP contribution >= 0.6 is 40.3 Å². The summed E-state index contributed by atoms with van der Waals surface area (Å²) in [6.07, 6.45) is 0. The molecule has 0 atom stereocenters. The van der Waals surface area contributed by atoms with Crippen LogP contribution in [0.15, 0.2) is 53.7 Å². The molecule has 0 aliphatic heterocycles. The Bertz CT molecular complexity index is 836. The molecular formula is C17H15BrClN3OS. The number of nitrogens with zero attached hydrogens (tertiary/aromatic N) is 2. The molecule has 1 aromatic heterocycles. The molecular weight excluding hydrogens is 410 g/mol. The first kappa shape index (κ1) is 18.7. The highest BCUT2D eigenvalue weighted by molar-refractivity contribution is 8.93. The van der Waals surface area contributed by atoms with E-state index in [0.717, 1.165) is 11.1 Å². The third kappa shape index (κ3) is 4.47. The van der Waals surface area contributed by atoms with E-state index in [-0.39, 0.29) is 22.8 Å². The number of aryl methyl sites for hydroxylation is 1. The number of thioether (sulfide) groups is 1. The molecule has 1 N–H and O–H groups in total. The van der Waals surface area contributed by atoms with Crippen LogP contribution in [0.25, 0.3) is 11.4 Å². The molecule has 0 amide bonds. The normalized spacial score (nSPS) is 10.2. The lowest BCUT2D eigenvalue weighted by atomic mass is 10.1. The summed E-state index contributed by atoms with van der Waals surface area (Å²) in [4.78, 5) is 16.5. The van der Waals surface area contributed by atoms with Gasteiger partial charge in [0.25, 0.3) is 0 Å². The van der Waals surface area contributed by atoms with E-state index in [0.29, 0.717) is 27.3 Å². The molecule has 0 saturated heterocycles. The summed E-state index contributed by atoms with van der Waals surface area (Å²) in [7, 11) is 0. The number of carbonyl (C=O) groups is 1. The topological polar surface area (TPSA) is 58.6 Å². The third-order valence-corrected chi connectivity index (χ3v) is 4.48. The summed E-state index contributed by atoms with van der Waals surface area (Å²) < 4.78 is 0. The van der Waals surface area contributed by atoms with Crippen molar-refractivity contribution in [1.82, 2.24) is 15.2 Å². The minimum atomic E-state index is 0. The van der Waals surface area contributed by atoms with E-state index >= 15 is 0 Å². The van der Waals surface area contributed by atoms with Crippen molar-refractivity contribution < 1.29 is 4.79 Å². The summed E-state index contributed by atoms with van der Waals surface area (Å²) in [5.41, 5.74) is 2.62. The minimum absolute atomic E-state index is 0. The predicted molar refractivity (Wildman–Crippen MR) is 103 cm³/mol. The van der Waals surface area contributed by atoms with Crippen LogP contribution in [0.2, 0.25) is 5.02 Å². The molecule has 4 nitrogen and oxygen atoms in total. The number of carbonyl (C=O) groups excluding carboxylic acids is 1. The number of nitrogens with one attached hydrogen (secondary N) is 1. The Morgan fingerprint density at radius 3 is 2.58 bits per heavy atom. The lowest BCUT2D eigenvalue weighted by Gasteiger charge is -2.00. The molecule has 0 bridgehead atoms. The molecule has 7 heteroatoms. The van der Waals surface area contributed by atoms with Crippen molar-refractivity contribution in [2.24, 2.45) is 0 Å². The van der Waals surface area contributed by atoms with E-state index in [9.17, 15) is 4.79 Å². The first-order valence-electron chi connectivity index (χ1n) is 7.03. The van der Waals surface area contributed by atoms with Crippen LogP contribution in [0.5, 0.6) is 0 Å². The molecule has 0 unspecified atom stereocenters. The van der Waals surface area contributed by atoms with Crippen LogP contribution in [0.1, 0.15) is 15.9 Å². The first-order valence-corrected chi connectivity index (χ1v) is 8.40. The van der Waals surface area contributed by atoms with E-state index in [4.69, 9.17) is 11.6 Å². The predicted octanol–water partition coefficient (Wildman–Crippen LogP) is 4.99. The summed E-state index contributed by atoms with van der Waals surface area (Å²) in [5, 5.41) is 8.12. The standard InChI is InChI=1S/C17H14ClN3OS.BrH/c1-11-6-8-12(9-7-11)15(22)10-23-17-19-16(20-21-17)13-4-2-3-5-14(13)18;/h2-9H,10H2,1H3,(H,19,20,21);1H. The Balaban J connectivity index is 0.00000208. The van der Waals surface area contributed by atoms with Crippen molar-refractivity contribution in [1.29, 1.82) is 0 Å². The van der Waals surface area contributed by atoms with Gasteiger partial charge in [-0.1, -0.05) is 65.3 Å². The van der Waals surface area contributed by atoms with Gasteiger partial charge in [0, 0.05) is 11.1 Å². The summed E-state index contributed by atoms with van der Waals surface area (Å²) in [5.74, 6) is 0.947. The zero-order valence-corrected chi connectivity index (χ0v) is 16.1. The molecule has 0 spiro atoms. The molecule has 124 valence electrons. The molecule has 3 rings (SSSR count). The van der Waals surface area contributed by atoms with Gasteiger partial charge in [-0.25, -0.2) is 4.98 Å². The lowest BCUT2D eigenvalue weighted by molar-refractivity contribution is 0.102. The average Bonchev–Trinajstić information content (AvgIpc) is 3.02. The molecule has 0 radical (unpaired) electrons. The van der Waals surface area contributed by atoms with Gasteiger partial charge in [-0.2, -0.15) is 0 Å². The first-order chi connectivity index (χ1) is 11.1. The van der Waals surface area contributed by atoms with Gasteiger partial charge >= 0.3 is 0 Å². The van der Waals surface area contributed by atoms with Gasteiger partial charge in [-0.3, -0.25) is 9.89 Å². The van der Waals surface area contributed by atoms with Crippen molar-refractivity contribution in [3.05, 3.63) is 64.7 Å². The van der Waals surface area contributed by atoms with Gasteiger partial charge in [0.1, 0.15) is 0 Å². The molecule has 1 heterocycles. The number of aromatic nitrogens is 3. The van der Waals surface area contributed by atoms with E-state index in [1.807, 2.05) is 49.4 Å². The van der Waals surface area contributed by atoms with Crippen molar-refractivity contribution in [3.63, 3.8) is 0 Å². The van der Waals surface area contributed by atoms with Crippen LogP contribution in [0, 0.1) is 6.92 Å². The Morgan fingerprint density at radius 2 is 1.88 bits per heavy atom. The van der Waals surface area contributed by atoms with Crippen molar-refractivity contribution in [3.8, 4) is 11.4 Å². The van der Waals surface area contributed by atoms with Crippen LogP contribution in [0.3, 0.4) is 0 Å². The van der Waals surface area contributed by atoms with E-state index in [1.54, 1.807) is 6.07 Å². The number of Topliss-reactive ketones (excluding diaryl/α,β-unsaturated/α-hetero) is 1. The van der Waals surface area contributed by atoms with Gasteiger partial charge < -0.3 is 0 Å². The van der Waals surface area contributed by atoms with Crippen LogP contribution in [0.4, 0.5) is 0 Å². The second-order valence-corrected chi connectivity index (χ2v) is 6.37. The number of aromatic amines is 1. The maximum atomic E-state index is 12.2. The Kier molecular flexibility index (Phi) is 6.60. The lowest BCUT2D eigenvalue weighted by Crippen LogP contribution is -2.02. The molecule has 0 aliphatic carbocycles. The monoisotopic (exact) mass is 423 g/mol. The highest BCUT2D eigenvalue weighted by atomic mass is 79.9. The zero-order valence-electron chi connectivity index (χ0n) is 12.8. The zero-order chi connectivity index (χ0) is 16.2. The average molecular weight is 425 g/mol. The molecule has 0 saturated carbocycles. The fraction of sp³-hybridized carbons (Fsp3) is 0.118. The van der Waals surface area contributed by atoms with E-state index < -0.39 is 0 Å². The Labute approximate surface area is 159 Å². The second kappa shape index (κ2) is 8.46. The molecule has 3 aromatic rings. The Hall–Kier alpha value is -1.63. The fourth-order valence-corrected chi connectivity index (χ4v) is 2.96. The molecule has 0 fully saturated rings. The van der Waals surface area contributed by atoms with Crippen LogP contribution in [-0.2, 0) is 0 Å². The summed E-state index contributed by atoms with van der Waals surface area (Å²) >= 11 is 7.44. The maximum Gasteiger partial charge on any atom is 0.209 e. The van der Waals surface area contributed by atoms with E-state index in [2.05, 4.69) is 15.2 Å². The molecule has 24 heavy (non-hydrogen) atoms. The number of halogens is 2. The van der Waals surface area contributed by atoms with E-state index in [1.165, 1.54) is 11.8 Å². The minimum Gasteiger partial charge on any atom is -0.293 e. The summed E-state index contributed by atoms with van der Waals surface area (Å²) in [6.45, 7) is 1.99. The second-order valence-electron chi connectivity index (χ2n) is 5.02. The summed E-state index contributed by atoms with van der Waals surface area (Å²) in [6, 6.07) is 15.0. The number of rotatable bonds is 5. The number of hydrogen-bond acceptors (Lipinski definition) is 4. The number of H-pyrrole nitrogens is 1. The highest BCUT2D eigenvalue weighted by Crippen LogP contribution is 2.26. The van der Waals surface area contributed by atoms with Gasteiger partial charge in [0.2, 0.25) is 5.16 Å². The van der Waals surface area contributed by atoms with Crippen LogP contribution in [-0.4, -0.2) is 26.7 Å². The van der Waals surface area contributed by atoms with Gasteiger partial charge in [-0.15, -0.1) is 22.1 Å². The molecule has 2 aromatic carbocycles. The quantitative estimate of drug-likeness (QED) is 0.463. The number of hydrogen-bond donors (Lipinski definition) is 1. The largest absolute Gasteiger partial charge is 0.293 e. The van der Waals surface area contributed by atoms with Crippen molar-refractivity contribution in [2.75, 3.05) is 5.75 Å². The van der Waals surface area contributed by atoms with Crippen molar-refractivity contribution >= 4 is 46.1 Å². The SMILES string of the molecule is Br.Cc1ccc(C(=O)CSc2n[nH]c(-c3ccccc3Cl)n2)cc1. The highest BCUT2D eigenvalue weighted by Gasteiger charge is 2.12. The third-order valence-electron chi connectivity index (χ3n) is 3.30. The van der Waals surface area contributed by atoms with Crippen LogP contribution < -0.4 is 0 Å². The molecule has 0 aliphatic rings. The van der Waals surface area contributed by atoms with Gasteiger partial charge in [-0.05, 0) is 19.1 Å². The smallest absolute Gasteiger partial charge is 0.209 e. The maximum absolute atomic E-state index is 12.2. The van der Waals surface area contributed by atoms with Gasteiger partial charge in [0.05, 0.1) is 10.8 Å². The van der Waals surface area contributed by atoms with Crippen molar-refractivity contribution in [2.45, 2.75) is 12.1 Å². The van der Waals surface area contributed by atoms with Gasteiger partial charge in [0.15, 0.2) is 11.6 Å². The number of ketones is 1. The Morgan fingerprint density at radius 1 is 1.17 bits per heavy atom. The fourth-order valence-electron chi connectivity index (χ4n) is 2.04.